The summed E-state index contributed by atoms with van der Waals surface area (Å²) in [6, 6.07) is 12.6. The number of rotatable bonds is 7. The van der Waals surface area contributed by atoms with Gasteiger partial charge in [-0.05, 0) is 43.7 Å². The van der Waals surface area contributed by atoms with E-state index in [4.69, 9.17) is 11.6 Å². The molecule has 5 nitrogen and oxygen atoms in total. The number of hydrogen-bond donors (Lipinski definition) is 2. The topological polar surface area (TPSA) is 75.3 Å². The zero-order valence-electron chi connectivity index (χ0n) is 14.1. The van der Waals surface area contributed by atoms with E-state index >= 15 is 0 Å². The highest BCUT2D eigenvalue weighted by Gasteiger charge is 2.17. The second kappa shape index (κ2) is 8.36. The molecule has 0 spiro atoms. The molecule has 25 heavy (non-hydrogen) atoms. The summed E-state index contributed by atoms with van der Waals surface area (Å²) in [4.78, 5) is 12.3. The Morgan fingerprint density at radius 3 is 2.44 bits per heavy atom. The van der Waals surface area contributed by atoms with Gasteiger partial charge in [0.15, 0.2) is 0 Å². The Hall–Kier alpha value is -2.05. The van der Waals surface area contributed by atoms with E-state index in [-0.39, 0.29) is 27.6 Å². The summed E-state index contributed by atoms with van der Waals surface area (Å²) >= 11 is 6.16. The molecule has 2 rings (SSSR count). The molecular weight excluding hydrogens is 360 g/mol. The lowest BCUT2D eigenvalue weighted by molar-refractivity contribution is 0.0938. The molecule has 0 saturated carbocycles. The van der Waals surface area contributed by atoms with Crippen molar-refractivity contribution in [1.29, 1.82) is 0 Å². The predicted molar refractivity (Wildman–Crippen MR) is 101 cm³/mol. The summed E-state index contributed by atoms with van der Waals surface area (Å²) in [7, 11) is -3.73. The molecule has 0 bridgehead atoms. The molecule has 2 aromatic rings. The number of amides is 1. The molecule has 2 aromatic carbocycles. The van der Waals surface area contributed by atoms with Gasteiger partial charge in [0.1, 0.15) is 0 Å². The molecular formula is C18H21ClN2O3S. The molecule has 0 aliphatic carbocycles. The van der Waals surface area contributed by atoms with Gasteiger partial charge in [-0.3, -0.25) is 9.52 Å². The molecule has 7 heteroatoms. The summed E-state index contributed by atoms with van der Waals surface area (Å²) < 4.78 is 27.1. The maximum Gasteiger partial charge on any atom is 0.261 e. The molecule has 0 radical (unpaired) electrons. The Morgan fingerprint density at radius 1 is 1.16 bits per heavy atom. The van der Waals surface area contributed by atoms with Gasteiger partial charge in [-0.25, -0.2) is 8.42 Å². The van der Waals surface area contributed by atoms with Crippen molar-refractivity contribution in [2.24, 2.45) is 0 Å². The quantitative estimate of drug-likeness (QED) is 0.760. The van der Waals surface area contributed by atoms with Gasteiger partial charge in [-0.2, -0.15) is 0 Å². The van der Waals surface area contributed by atoms with Crippen LogP contribution in [0, 0.1) is 0 Å². The number of anilines is 1. The van der Waals surface area contributed by atoms with Gasteiger partial charge in [0.05, 0.1) is 15.6 Å². The highest BCUT2D eigenvalue weighted by atomic mass is 35.5. The van der Waals surface area contributed by atoms with Gasteiger partial charge >= 0.3 is 0 Å². The first-order chi connectivity index (χ1) is 11.8. The summed E-state index contributed by atoms with van der Waals surface area (Å²) in [5.74, 6) is -0.236. The molecule has 0 saturated heterocycles. The van der Waals surface area contributed by atoms with Crippen molar-refractivity contribution in [2.75, 3.05) is 4.72 Å². The predicted octanol–water partition coefficient (Wildman–Crippen LogP) is 4.06. The third kappa shape index (κ3) is 5.21. The van der Waals surface area contributed by atoms with Crippen LogP contribution in [0.4, 0.5) is 5.69 Å². The van der Waals surface area contributed by atoms with E-state index in [2.05, 4.69) is 10.0 Å². The van der Waals surface area contributed by atoms with Crippen molar-refractivity contribution in [1.82, 2.24) is 5.32 Å². The van der Waals surface area contributed by atoms with Crippen LogP contribution in [0.3, 0.4) is 0 Å². The van der Waals surface area contributed by atoms with E-state index in [1.165, 1.54) is 24.3 Å². The molecule has 0 fully saturated rings. The van der Waals surface area contributed by atoms with Gasteiger partial charge in [0.2, 0.25) is 0 Å². The first-order valence-corrected chi connectivity index (χ1v) is 9.88. The fourth-order valence-electron chi connectivity index (χ4n) is 2.35. The van der Waals surface area contributed by atoms with Crippen LogP contribution >= 0.6 is 11.6 Å². The smallest absolute Gasteiger partial charge is 0.261 e. The minimum absolute atomic E-state index is 0.0625. The lowest BCUT2D eigenvalue weighted by atomic mass is 10.1. The molecule has 2 N–H and O–H groups in total. The van der Waals surface area contributed by atoms with Crippen LogP contribution in [0.5, 0.6) is 0 Å². The number of hydrogen-bond acceptors (Lipinski definition) is 3. The van der Waals surface area contributed by atoms with E-state index in [9.17, 15) is 13.2 Å². The van der Waals surface area contributed by atoms with Crippen molar-refractivity contribution in [3.05, 3.63) is 59.1 Å². The second-order valence-corrected chi connectivity index (χ2v) is 7.87. The molecule has 0 aliphatic rings. The van der Waals surface area contributed by atoms with E-state index < -0.39 is 10.0 Å². The van der Waals surface area contributed by atoms with E-state index in [0.29, 0.717) is 5.56 Å². The van der Waals surface area contributed by atoms with Crippen LogP contribution in [0.25, 0.3) is 0 Å². The first kappa shape index (κ1) is 19.3. The SMILES string of the molecule is CCC[C@@H](C)NC(=O)c1ccc(NS(=O)(=O)c2ccccc2)c(Cl)c1. The van der Waals surface area contributed by atoms with Crippen LogP contribution in [-0.2, 0) is 10.0 Å². The average molecular weight is 381 g/mol. The summed E-state index contributed by atoms with van der Waals surface area (Å²) in [6.07, 6.45) is 1.86. The minimum Gasteiger partial charge on any atom is -0.350 e. The maximum atomic E-state index is 12.3. The zero-order valence-corrected chi connectivity index (χ0v) is 15.7. The number of carbonyl (C=O) groups excluding carboxylic acids is 1. The lowest BCUT2D eigenvalue weighted by Gasteiger charge is -2.14. The van der Waals surface area contributed by atoms with Crippen LogP contribution in [0.15, 0.2) is 53.4 Å². The second-order valence-electron chi connectivity index (χ2n) is 5.78. The molecule has 0 heterocycles. The third-order valence-electron chi connectivity index (χ3n) is 3.63. The number of benzene rings is 2. The molecule has 1 amide bonds. The fraction of sp³-hybridized carbons (Fsp3) is 0.278. The number of sulfonamides is 1. The Bertz CT molecular complexity index is 839. The van der Waals surface area contributed by atoms with Crippen LogP contribution in [-0.4, -0.2) is 20.4 Å². The summed E-state index contributed by atoms with van der Waals surface area (Å²) in [5.41, 5.74) is 0.610. The van der Waals surface area contributed by atoms with Crippen molar-refractivity contribution >= 4 is 33.2 Å². The van der Waals surface area contributed by atoms with E-state index in [0.717, 1.165) is 12.8 Å². The number of nitrogens with one attached hydrogen (secondary N) is 2. The monoisotopic (exact) mass is 380 g/mol. The lowest BCUT2D eigenvalue weighted by Crippen LogP contribution is -2.32. The third-order valence-corrected chi connectivity index (χ3v) is 5.32. The van der Waals surface area contributed by atoms with Crippen molar-refractivity contribution in [3.8, 4) is 0 Å². The number of carbonyl (C=O) groups is 1. The largest absolute Gasteiger partial charge is 0.350 e. The molecule has 0 unspecified atom stereocenters. The molecule has 134 valence electrons. The highest BCUT2D eigenvalue weighted by Crippen LogP contribution is 2.26. The van der Waals surface area contributed by atoms with E-state index in [1.807, 2.05) is 13.8 Å². The summed E-state index contributed by atoms with van der Waals surface area (Å²) in [5, 5.41) is 3.04. The normalized spacial score (nSPS) is 12.4. The van der Waals surface area contributed by atoms with Gasteiger partial charge < -0.3 is 5.32 Å². The van der Waals surface area contributed by atoms with Gasteiger partial charge in [-0.1, -0.05) is 43.1 Å². The van der Waals surface area contributed by atoms with E-state index in [1.54, 1.807) is 24.3 Å². The Labute approximate surface area is 153 Å². The Morgan fingerprint density at radius 2 is 1.84 bits per heavy atom. The van der Waals surface area contributed by atoms with Crippen molar-refractivity contribution < 1.29 is 13.2 Å². The minimum atomic E-state index is -3.73. The van der Waals surface area contributed by atoms with Crippen molar-refractivity contribution in [2.45, 2.75) is 37.6 Å². The van der Waals surface area contributed by atoms with Gasteiger partial charge in [-0.15, -0.1) is 0 Å². The maximum absolute atomic E-state index is 12.3. The summed E-state index contributed by atoms with van der Waals surface area (Å²) in [6.45, 7) is 3.98. The number of halogens is 1. The fourth-order valence-corrected chi connectivity index (χ4v) is 3.74. The first-order valence-electron chi connectivity index (χ1n) is 8.01. The molecule has 1 atom stereocenters. The standard InChI is InChI=1S/C18H21ClN2O3S/c1-3-7-13(2)20-18(22)14-10-11-17(16(19)12-14)21-25(23,24)15-8-5-4-6-9-15/h4-6,8-13,21H,3,7H2,1-2H3,(H,20,22)/t13-/m1/s1. The van der Waals surface area contributed by atoms with Gasteiger partial charge in [0, 0.05) is 11.6 Å². The Balaban J connectivity index is 2.16. The average Bonchev–Trinajstić information content (AvgIpc) is 2.57. The molecule has 0 aromatic heterocycles. The van der Waals surface area contributed by atoms with Crippen LogP contribution < -0.4 is 10.0 Å². The van der Waals surface area contributed by atoms with Gasteiger partial charge in [0.25, 0.3) is 15.9 Å². The Kier molecular flexibility index (Phi) is 6.45. The highest BCUT2D eigenvalue weighted by molar-refractivity contribution is 7.92. The van der Waals surface area contributed by atoms with Crippen LogP contribution in [0.1, 0.15) is 37.0 Å². The van der Waals surface area contributed by atoms with Crippen LogP contribution in [0.2, 0.25) is 5.02 Å². The molecule has 0 aliphatic heterocycles. The van der Waals surface area contributed by atoms with Crippen molar-refractivity contribution in [3.63, 3.8) is 0 Å². The zero-order chi connectivity index (χ0) is 18.4.